The van der Waals surface area contributed by atoms with Gasteiger partial charge >= 0.3 is 0 Å². The van der Waals surface area contributed by atoms with Crippen LogP contribution in [0.4, 0.5) is 5.69 Å². The molecule has 3 nitrogen and oxygen atoms in total. The van der Waals surface area contributed by atoms with Crippen molar-refractivity contribution < 1.29 is 4.79 Å². The molecule has 0 aliphatic heterocycles. The Morgan fingerprint density at radius 3 is 2.65 bits per heavy atom. The SMILES string of the molecule is Cc1cccc(NC(=O)CCC(C)N)c1C.Cl. The van der Waals surface area contributed by atoms with Gasteiger partial charge in [-0.05, 0) is 44.4 Å². The molecule has 4 heteroatoms. The lowest BCUT2D eigenvalue weighted by Gasteiger charge is -2.10. The molecule has 1 aromatic carbocycles. The minimum atomic E-state index is 0. The van der Waals surface area contributed by atoms with Gasteiger partial charge < -0.3 is 11.1 Å². The van der Waals surface area contributed by atoms with Crippen molar-refractivity contribution in [1.82, 2.24) is 0 Å². The third-order valence-corrected chi connectivity index (χ3v) is 2.71. The van der Waals surface area contributed by atoms with Gasteiger partial charge in [-0.1, -0.05) is 12.1 Å². The summed E-state index contributed by atoms with van der Waals surface area (Å²) in [7, 11) is 0. The summed E-state index contributed by atoms with van der Waals surface area (Å²) in [6, 6.07) is 5.98. The number of nitrogens with two attached hydrogens (primary N) is 1. The zero-order valence-electron chi connectivity index (χ0n) is 10.6. The highest BCUT2D eigenvalue weighted by Gasteiger charge is 2.06. The summed E-state index contributed by atoms with van der Waals surface area (Å²) < 4.78 is 0. The van der Waals surface area contributed by atoms with Gasteiger partial charge in [-0.2, -0.15) is 0 Å². The van der Waals surface area contributed by atoms with Crippen LogP contribution in [0.5, 0.6) is 0 Å². The Morgan fingerprint density at radius 2 is 2.06 bits per heavy atom. The summed E-state index contributed by atoms with van der Waals surface area (Å²) in [5.74, 6) is 0.0333. The molecule has 0 saturated carbocycles. The van der Waals surface area contributed by atoms with Crippen LogP contribution in [0.2, 0.25) is 0 Å². The van der Waals surface area contributed by atoms with Crippen LogP contribution in [0.25, 0.3) is 0 Å². The van der Waals surface area contributed by atoms with Crippen LogP contribution in [0.1, 0.15) is 30.9 Å². The fourth-order valence-corrected chi connectivity index (χ4v) is 1.46. The van der Waals surface area contributed by atoms with E-state index in [0.717, 1.165) is 17.7 Å². The molecule has 1 amide bonds. The lowest BCUT2D eigenvalue weighted by atomic mass is 10.1. The number of aryl methyl sites for hydroxylation is 1. The van der Waals surface area contributed by atoms with Crippen molar-refractivity contribution in [1.29, 1.82) is 0 Å². The molecule has 96 valence electrons. The first-order chi connectivity index (χ1) is 7.50. The average molecular weight is 257 g/mol. The topological polar surface area (TPSA) is 55.1 Å². The number of hydrogen-bond acceptors (Lipinski definition) is 2. The van der Waals surface area contributed by atoms with Crippen LogP contribution in [0.3, 0.4) is 0 Å². The predicted molar refractivity (Wildman–Crippen MR) is 74.7 cm³/mol. The smallest absolute Gasteiger partial charge is 0.224 e. The fraction of sp³-hybridized carbons (Fsp3) is 0.462. The quantitative estimate of drug-likeness (QED) is 0.870. The maximum atomic E-state index is 11.6. The van der Waals surface area contributed by atoms with Gasteiger partial charge in [0.25, 0.3) is 0 Å². The summed E-state index contributed by atoms with van der Waals surface area (Å²) in [6.07, 6.45) is 1.20. The van der Waals surface area contributed by atoms with E-state index < -0.39 is 0 Å². The normalized spacial score (nSPS) is 11.5. The number of anilines is 1. The maximum Gasteiger partial charge on any atom is 0.224 e. The number of hydrogen-bond donors (Lipinski definition) is 2. The summed E-state index contributed by atoms with van der Waals surface area (Å²) in [6.45, 7) is 5.95. The molecule has 17 heavy (non-hydrogen) atoms. The Kier molecular flexibility index (Phi) is 6.85. The van der Waals surface area contributed by atoms with Gasteiger partial charge in [-0.25, -0.2) is 0 Å². The highest BCUT2D eigenvalue weighted by atomic mass is 35.5. The van der Waals surface area contributed by atoms with Gasteiger partial charge in [0, 0.05) is 18.2 Å². The lowest BCUT2D eigenvalue weighted by Crippen LogP contribution is -2.19. The largest absolute Gasteiger partial charge is 0.328 e. The van der Waals surface area contributed by atoms with E-state index in [1.165, 1.54) is 5.56 Å². The Bertz CT molecular complexity index is 378. The Hall–Kier alpha value is -1.06. The van der Waals surface area contributed by atoms with E-state index in [-0.39, 0.29) is 24.4 Å². The van der Waals surface area contributed by atoms with E-state index in [9.17, 15) is 4.79 Å². The van der Waals surface area contributed by atoms with Gasteiger partial charge in [0.1, 0.15) is 0 Å². The van der Waals surface area contributed by atoms with Crippen LogP contribution in [-0.2, 0) is 4.79 Å². The molecule has 0 aromatic heterocycles. The van der Waals surface area contributed by atoms with Crippen LogP contribution >= 0.6 is 12.4 Å². The van der Waals surface area contributed by atoms with Gasteiger partial charge in [0.05, 0.1) is 0 Å². The second-order valence-corrected chi connectivity index (χ2v) is 4.31. The van der Waals surface area contributed by atoms with E-state index in [1.807, 2.05) is 39.0 Å². The van der Waals surface area contributed by atoms with Crippen LogP contribution < -0.4 is 11.1 Å². The standard InChI is InChI=1S/C13H20N2O.ClH/c1-9-5-4-6-12(11(9)3)15-13(16)8-7-10(2)14;/h4-6,10H,7-8,14H2,1-3H3,(H,15,16);1H. The Morgan fingerprint density at radius 1 is 1.41 bits per heavy atom. The number of carbonyl (C=O) groups is 1. The van der Waals surface area contributed by atoms with E-state index in [2.05, 4.69) is 5.32 Å². The van der Waals surface area contributed by atoms with E-state index >= 15 is 0 Å². The van der Waals surface area contributed by atoms with Gasteiger partial charge in [-0.3, -0.25) is 4.79 Å². The first kappa shape index (κ1) is 15.9. The van der Waals surface area contributed by atoms with E-state index in [1.54, 1.807) is 0 Å². The average Bonchev–Trinajstić information content (AvgIpc) is 2.22. The summed E-state index contributed by atoms with van der Waals surface area (Å²) in [5.41, 5.74) is 8.81. The predicted octanol–water partition coefficient (Wildman–Crippen LogP) is 2.79. The molecule has 1 aromatic rings. The van der Waals surface area contributed by atoms with Gasteiger partial charge in [-0.15, -0.1) is 12.4 Å². The van der Waals surface area contributed by atoms with Crippen LogP contribution in [0.15, 0.2) is 18.2 Å². The number of halogens is 1. The molecule has 0 aliphatic carbocycles. The first-order valence-corrected chi connectivity index (χ1v) is 5.62. The highest BCUT2D eigenvalue weighted by molar-refractivity contribution is 5.91. The number of nitrogens with one attached hydrogen (secondary N) is 1. The molecule has 1 rings (SSSR count). The molecule has 1 unspecified atom stereocenters. The van der Waals surface area contributed by atoms with E-state index in [4.69, 9.17) is 5.73 Å². The Labute approximate surface area is 109 Å². The second-order valence-electron chi connectivity index (χ2n) is 4.31. The zero-order valence-corrected chi connectivity index (χ0v) is 11.4. The fourth-order valence-electron chi connectivity index (χ4n) is 1.46. The highest BCUT2D eigenvalue weighted by Crippen LogP contribution is 2.18. The minimum absolute atomic E-state index is 0. The molecule has 0 spiro atoms. The molecule has 0 saturated heterocycles. The Balaban J connectivity index is 0.00000256. The first-order valence-electron chi connectivity index (χ1n) is 5.62. The molecule has 3 N–H and O–H groups in total. The third kappa shape index (κ3) is 5.20. The molecule has 0 aliphatic rings. The number of amides is 1. The van der Waals surface area contributed by atoms with Gasteiger partial charge in [0.2, 0.25) is 5.91 Å². The second kappa shape index (κ2) is 7.30. The summed E-state index contributed by atoms with van der Waals surface area (Å²) >= 11 is 0. The van der Waals surface area contributed by atoms with Crippen molar-refractivity contribution in [3.63, 3.8) is 0 Å². The van der Waals surface area contributed by atoms with Crippen LogP contribution in [0, 0.1) is 13.8 Å². The number of carbonyl (C=O) groups excluding carboxylic acids is 1. The molecular formula is C13H21ClN2O. The maximum absolute atomic E-state index is 11.6. The molecule has 0 fully saturated rings. The van der Waals surface area contributed by atoms with Crippen molar-refractivity contribution in [2.75, 3.05) is 5.32 Å². The van der Waals surface area contributed by atoms with Crippen molar-refractivity contribution in [3.8, 4) is 0 Å². The van der Waals surface area contributed by atoms with E-state index in [0.29, 0.717) is 6.42 Å². The monoisotopic (exact) mass is 256 g/mol. The number of benzene rings is 1. The summed E-state index contributed by atoms with van der Waals surface area (Å²) in [5, 5.41) is 2.91. The molecule has 0 bridgehead atoms. The van der Waals surface area contributed by atoms with Crippen molar-refractivity contribution in [2.24, 2.45) is 5.73 Å². The van der Waals surface area contributed by atoms with Gasteiger partial charge in [0.15, 0.2) is 0 Å². The zero-order chi connectivity index (χ0) is 12.1. The molecule has 0 heterocycles. The van der Waals surface area contributed by atoms with Crippen molar-refractivity contribution in [3.05, 3.63) is 29.3 Å². The molecule has 1 atom stereocenters. The van der Waals surface area contributed by atoms with Crippen molar-refractivity contribution >= 4 is 24.0 Å². The third-order valence-electron chi connectivity index (χ3n) is 2.71. The lowest BCUT2D eigenvalue weighted by molar-refractivity contribution is -0.116. The minimum Gasteiger partial charge on any atom is -0.328 e. The summed E-state index contributed by atoms with van der Waals surface area (Å²) in [4.78, 5) is 11.6. The van der Waals surface area contributed by atoms with Crippen LogP contribution in [-0.4, -0.2) is 11.9 Å². The molecule has 0 radical (unpaired) electrons. The van der Waals surface area contributed by atoms with Crippen molar-refractivity contribution in [2.45, 2.75) is 39.7 Å². The number of rotatable bonds is 4. The molecular weight excluding hydrogens is 236 g/mol.